The second-order valence-corrected chi connectivity index (χ2v) is 8.81. The number of likely N-dealkylation sites (N-methyl/N-ethyl adjacent to an activating group) is 1. The highest BCUT2D eigenvalue weighted by Crippen LogP contribution is 2.71. The van der Waals surface area contributed by atoms with Crippen molar-refractivity contribution in [2.24, 2.45) is 5.41 Å². The molecule has 0 aromatic carbocycles. The van der Waals surface area contributed by atoms with Crippen molar-refractivity contribution < 1.29 is 9.47 Å². The molecule has 0 radical (unpaired) electrons. The smallest absolute Gasteiger partial charge is 0.216 e. The molecule has 5 rings (SSSR count). The van der Waals surface area contributed by atoms with Gasteiger partial charge in [-0.3, -0.25) is 4.90 Å². The van der Waals surface area contributed by atoms with E-state index in [-0.39, 0.29) is 11.0 Å². The lowest BCUT2D eigenvalue weighted by Gasteiger charge is -2.35. The van der Waals surface area contributed by atoms with Gasteiger partial charge in [-0.2, -0.15) is 10.1 Å². The first-order valence-electron chi connectivity index (χ1n) is 10.6. The van der Waals surface area contributed by atoms with Crippen molar-refractivity contribution >= 4 is 5.65 Å². The molecule has 1 aliphatic heterocycles. The van der Waals surface area contributed by atoms with E-state index >= 15 is 0 Å². The second kappa shape index (κ2) is 6.97. The number of rotatable bonds is 3. The molecule has 2 saturated carbocycles. The summed E-state index contributed by atoms with van der Waals surface area (Å²) in [7, 11) is 2.00. The summed E-state index contributed by atoms with van der Waals surface area (Å²) < 4.78 is 14.5. The van der Waals surface area contributed by atoms with Crippen molar-refractivity contribution in [3.63, 3.8) is 0 Å². The number of aromatic nitrogens is 3. The molecule has 3 heterocycles. The Hall–Kier alpha value is -1.70. The summed E-state index contributed by atoms with van der Waals surface area (Å²) in [4.78, 5) is 7.24. The van der Waals surface area contributed by atoms with E-state index in [1.165, 1.54) is 24.8 Å². The Bertz CT molecular complexity index is 854. The van der Waals surface area contributed by atoms with Crippen molar-refractivity contribution in [3.05, 3.63) is 24.0 Å². The Morgan fingerprint density at radius 2 is 2.21 bits per heavy atom. The van der Waals surface area contributed by atoms with Gasteiger partial charge >= 0.3 is 0 Å². The predicted octanol–water partition coefficient (Wildman–Crippen LogP) is 2.08. The lowest BCUT2D eigenvalue weighted by atomic mass is 9.74. The zero-order chi connectivity index (χ0) is 19.2. The first-order valence-corrected chi connectivity index (χ1v) is 10.6. The third-order valence-corrected chi connectivity index (χ3v) is 7.28. The number of hydrogen-bond acceptors (Lipinski definition) is 6. The molecule has 2 aromatic heterocycles. The standard InChI is InChI=1S/C21H31N5O2/c1-20-15-21(20)6-3-4-17(20)16-14-23-26-8-5-18(24-19(16)26)27-12-10-25(9-7-22-2)11-13-28-21/h5,8,14,17,22H,3-4,6-7,9-13,15H2,1-2H3. The van der Waals surface area contributed by atoms with Crippen LogP contribution in [-0.2, 0) is 4.74 Å². The van der Waals surface area contributed by atoms with E-state index in [1.807, 2.05) is 30.0 Å². The monoisotopic (exact) mass is 385 g/mol. The molecule has 1 N–H and O–H groups in total. The third-order valence-electron chi connectivity index (χ3n) is 7.28. The fraction of sp³-hybridized carbons (Fsp3) is 0.714. The third kappa shape index (κ3) is 2.91. The largest absolute Gasteiger partial charge is 0.476 e. The Labute approximate surface area is 166 Å². The van der Waals surface area contributed by atoms with Crippen LogP contribution < -0.4 is 10.1 Å². The maximum atomic E-state index is 6.61. The van der Waals surface area contributed by atoms with Crippen LogP contribution in [0.4, 0.5) is 0 Å². The zero-order valence-electron chi connectivity index (χ0n) is 17.0. The summed E-state index contributed by atoms with van der Waals surface area (Å²) in [6.45, 7) is 7.60. The normalized spacial score (nSPS) is 33.3. The molecule has 4 bridgehead atoms. The Balaban J connectivity index is 1.49. The van der Waals surface area contributed by atoms with Gasteiger partial charge in [0.25, 0.3) is 0 Å². The molecule has 2 aromatic rings. The average molecular weight is 386 g/mol. The van der Waals surface area contributed by atoms with E-state index in [0.717, 1.165) is 44.9 Å². The van der Waals surface area contributed by atoms with E-state index in [1.54, 1.807) is 0 Å². The van der Waals surface area contributed by atoms with Gasteiger partial charge in [0.2, 0.25) is 5.88 Å². The summed E-state index contributed by atoms with van der Waals surface area (Å²) >= 11 is 0. The molecule has 2 aliphatic carbocycles. The highest BCUT2D eigenvalue weighted by Gasteiger charge is 2.70. The van der Waals surface area contributed by atoms with Crippen molar-refractivity contribution in [2.75, 3.05) is 46.4 Å². The van der Waals surface area contributed by atoms with Crippen LogP contribution in [0.3, 0.4) is 0 Å². The summed E-state index contributed by atoms with van der Waals surface area (Å²) in [6, 6.07) is 1.92. The predicted molar refractivity (Wildman–Crippen MR) is 107 cm³/mol. The number of fused-ring (bicyclic) bond motifs is 2. The fourth-order valence-corrected chi connectivity index (χ4v) is 5.51. The van der Waals surface area contributed by atoms with Crippen LogP contribution in [0.25, 0.3) is 5.65 Å². The van der Waals surface area contributed by atoms with Crippen LogP contribution in [-0.4, -0.2) is 71.5 Å². The quantitative estimate of drug-likeness (QED) is 0.873. The first kappa shape index (κ1) is 18.3. The molecule has 0 amide bonds. The van der Waals surface area contributed by atoms with Crippen molar-refractivity contribution in [2.45, 2.75) is 44.1 Å². The average Bonchev–Trinajstić information content (AvgIpc) is 3.11. The van der Waals surface area contributed by atoms with Crippen LogP contribution in [0.2, 0.25) is 0 Å². The number of ether oxygens (including phenoxy) is 2. The van der Waals surface area contributed by atoms with Crippen LogP contribution in [0.15, 0.2) is 18.5 Å². The molecular weight excluding hydrogens is 354 g/mol. The molecule has 2 fully saturated rings. The molecule has 28 heavy (non-hydrogen) atoms. The molecule has 7 nitrogen and oxygen atoms in total. The summed E-state index contributed by atoms with van der Waals surface area (Å²) in [6.07, 6.45) is 8.70. The second-order valence-electron chi connectivity index (χ2n) is 8.81. The SMILES string of the molecule is CNCCN1CCOc2ccn3ncc(c3n2)C2CCCC3(CC23C)OCC1. The van der Waals surface area contributed by atoms with Gasteiger partial charge in [-0.05, 0) is 38.6 Å². The van der Waals surface area contributed by atoms with Crippen LogP contribution in [0.5, 0.6) is 5.88 Å². The minimum absolute atomic E-state index is 0.0388. The van der Waals surface area contributed by atoms with E-state index in [4.69, 9.17) is 14.5 Å². The van der Waals surface area contributed by atoms with Crippen LogP contribution >= 0.6 is 0 Å². The van der Waals surface area contributed by atoms with E-state index in [9.17, 15) is 0 Å². The maximum Gasteiger partial charge on any atom is 0.216 e. The Morgan fingerprint density at radius 3 is 3.11 bits per heavy atom. The molecular formula is C21H31N5O2. The van der Waals surface area contributed by atoms with Gasteiger partial charge in [0.15, 0.2) is 5.65 Å². The van der Waals surface area contributed by atoms with E-state index in [0.29, 0.717) is 18.4 Å². The summed E-state index contributed by atoms with van der Waals surface area (Å²) in [5.41, 5.74) is 2.42. The molecule has 152 valence electrons. The van der Waals surface area contributed by atoms with Crippen LogP contribution in [0.1, 0.15) is 44.1 Å². The molecule has 3 unspecified atom stereocenters. The Morgan fingerprint density at radius 1 is 1.32 bits per heavy atom. The highest BCUT2D eigenvalue weighted by molar-refractivity contribution is 5.52. The number of hydrogen-bond donors (Lipinski definition) is 1. The fourth-order valence-electron chi connectivity index (χ4n) is 5.51. The minimum atomic E-state index is 0.0388. The summed E-state index contributed by atoms with van der Waals surface area (Å²) in [5, 5.41) is 7.81. The highest BCUT2D eigenvalue weighted by atomic mass is 16.5. The lowest BCUT2D eigenvalue weighted by Crippen LogP contribution is -2.39. The number of nitrogens with one attached hydrogen (secondary N) is 1. The topological polar surface area (TPSA) is 63.9 Å². The van der Waals surface area contributed by atoms with Gasteiger partial charge in [0, 0.05) is 49.4 Å². The zero-order valence-corrected chi connectivity index (χ0v) is 17.0. The number of nitrogens with zero attached hydrogens (tertiary/aromatic N) is 4. The van der Waals surface area contributed by atoms with Gasteiger partial charge in [-0.25, -0.2) is 4.52 Å². The van der Waals surface area contributed by atoms with E-state index < -0.39 is 0 Å². The maximum absolute atomic E-state index is 6.61. The van der Waals surface area contributed by atoms with Crippen molar-refractivity contribution in [3.8, 4) is 5.88 Å². The van der Waals surface area contributed by atoms with Gasteiger partial charge in [-0.1, -0.05) is 6.92 Å². The molecule has 3 aliphatic rings. The molecule has 0 saturated heterocycles. The van der Waals surface area contributed by atoms with Crippen molar-refractivity contribution in [1.29, 1.82) is 0 Å². The van der Waals surface area contributed by atoms with Crippen molar-refractivity contribution in [1.82, 2.24) is 24.8 Å². The molecule has 7 heteroatoms. The minimum Gasteiger partial charge on any atom is -0.476 e. The van der Waals surface area contributed by atoms with Gasteiger partial charge in [0.05, 0.1) is 18.4 Å². The molecule has 0 spiro atoms. The van der Waals surface area contributed by atoms with E-state index in [2.05, 4.69) is 22.2 Å². The van der Waals surface area contributed by atoms with Gasteiger partial charge < -0.3 is 14.8 Å². The Kier molecular flexibility index (Phi) is 4.56. The lowest BCUT2D eigenvalue weighted by molar-refractivity contribution is -0.0311. The van der Waals surface area contributed by atoms with Gasteiger partial charge in [0.1, 0.15) is 6.61 Å². The summed E-state index contributed by atoms with van der Waals surface area (Å²) in [5.74, 6) is 1.14. The molecule has 3 atom stereocenters. The van der Waals surface area contributed by atoms with Gasteiger partial charge in [-0.15, -0.1) is 0 Å². The van der Waals surface area contributed by atoms with Crippen LogP contribution in [0, 0.1) is 5.41 Å². The first-order chi connectivity index (χ1) is 13.7.